The molecule has 1 amide bonds. The van der Waals surface area contributed by atoms with Crippen LogP contribution in [0.25, 0.3) is 0 Å². The van der Waals surface area contributed by atoms with Crippen LogP contribution in [0.3, 0.4) is 0 Å². The molecule has 110 valence electrons. The number of fused-ring (bicyclic) bond motifs is 2. The van der Waals surface area contributed by atoms with Crippen LogP contribution >= 0.6 is 11.3 Å². The Morgan fingerprint density at radius 1 is 1.48 bits per heavy atom. The lowest BCUT2D eigenvalue weighted by Gasteiger charge is -2.31. The number of carbonyl (C=O) groups excluding carboxylic acids is 1. The molecular weight excluding hydrogens is 288 g/mol. The van der Waals surface area contributed by atoms with Crippen LogP contribution in [0.1, 0.15) is 28.0 Å². The van der Waals surface area contributed by atoms with Crippen molar-refractivity contribution in [2.45, 2.75) is 25.4 Å². The molecule has 2 aliphatic heterocycles. The number of aromatic amines is 1. The van der Waals surface area contributed by atoms with Crippen LogP contribution in [-0.2, 0) is 24.2 Å². The van der Waals surface area contributed by atoms with Crippen LogP contribution in [0.5, 0.6) is 0 Å². The van der Waals surface area contributed by atoms with E-state index in [1.807, 2.05) is 4.90 Å². The summed E-state index contributed by atoms with van der Waals surface area (Å²) >= 11 is 1.48. The number of anilines is 1. The predicted molar refractivity (Wildman–Crippen MR) is 78.7 cm³/mol. The third-order valence-corrected chi connectivity index (χ3v) is 4.97. The Morgan fingerprint density at radius 3 is 3.29 bits per heavy atom. The molecule has 0 radical (unpaired) electrons. The number of amides is 1. The van der Waals surface area contributed by atoms with Crippen molar-refractivity contribution in [2.24, 2.45) is 0 Å². The topological polar surface area (TPSA) is 99.9 Å². The third-order valence-electron chi connectivity index (χ3n) is 4.05. The molecule has 0 saturated heterocycles. The maximum absolute atomic E-state index is 12.8. The summed E-state index contributed by atoms with van der Waals surface area (Å²) in [7, 11) is 0. The molecule has 4 rings (SSSR count). The fourth-order valence-corrected chi connectivity index (χ4v) is 3.90. The lowest BCUT2D eigenvalue weighted by molar-refractivity contribution is -0.134. The fraction of sp³-hybridized carbons (Fsp3) is 0.462. The first kappa shape index (κ1) is 12.8. The molecule has 0 spiro atoms. The van der Waals surface area contributed by atoms with Gasteiger partial charge in [0.15, 0.2) is 5.13 Å². The SMILES string of the molecule is Nc1nc2c(s1)CN(C(=O)[C@@H]1NCCc3[nH]cnc31)CC2. The van der Waals surface area contributed by atoms with E-state index in [1.165, 1.54) is 11.3 Å². The molecule has 0 aliphatic carbocycles. The molecule has 7 nitrogen and oxygen atoms in total. The maximum Gasteiger partial charge on any atom is 0.246 e. The van der Waals surface area contributed by atoms with Crippen LogP contribution in [0.2, 0.25) is 0 Å². The summed E-state index contributed by atoms with van der Waals surface area (Å²) in [5.74, 6) is 0.0840. The largest absolute Gasteiger partial charge is 0.375 e. The van der Waals surface area contributed by atoms with Crippen molar-refractivity contribution in [2.75, 3.05) is 18.8 Å². The summed E-state index contributed by atoms with van der Waals surface area (Å²) in [6.07, 6.45) is 3.32. The van der Waals surface area contributed by atoms with E-state index in [9.17, 15) is 4.79 Å². The van der Waals surface area contributed by atoms with Gasteiger partial charge in [-0.3, -0.25) is 4.79 Å². The summed E-state index contributed by atoms with van der Waals surface area (Å²) in [5.41, 5.74) is 8.69. The van der Waals surface area contributed by atoms with E-state index in [-0.39, 0.29) is 11.9 Å². The Bertz CT molecular complexity index is 693. The normalized spacial score (nSPS) is 21.0. The first-order chi connectivity index (χ1) is 10.2. The molecule has 1 atom stereocenters. The highest BCUT2D eigenvalue weighted by molar-refractivity contribution is 7.15. The summed E-state index contributed by atoms with van der Waals surface area (Å²) in [6, 6.07) is -0.341. The molecule has 2 aliphatic rings. The number of hydrogen-bond acceptors (Lipinski definition) is 6. The molecule has 0 bridgehead atoms. The number of nitrogens with two attached hydrogens (primary N) is 1. The number of imidazole rings is 1. The first-order valence-electron chi connectivity index (χ1n) is 7.01. The monoisotopic (exact) mass is 304 g/mol. The smallest absolute Gasteiger partial charge is 0.246 e. The number of carbonyl (C=O) groups is 1. The predicted octanol–water partition coefficient (Wildman–Crippen LogP) is 0.220. The zero-order valence-corrected chi connectivity index (χ0v) is 12.2. The molecule has 4 heterocycles. The lowest BCUT2D eigenvalue weighted by atomic mass is 10.0. The van der Waals surface area contributed by atoms with Gasteiger partial charge in [0, 0.05) is 36.5 Å². The average molecular weight is 304 g/mol. The van der Waals surface area contributed by atoms with Crippen molar-refractivity contribution >= 4 is 22.4 Å². The Hall–Kier alpha value is -1.93. The first-order valence-corrected chi connectivity index (χ1v) is 7.82. The molecule has 2 aromatic rings. The van der Waals surface area contributed by atoms with Crippen LogP contribution in [-0.4, -0.2) is 38.8 Å². The number of hydrogen-bond donors (Lipinski definition) is 3. The van der Waals surface area contributed by atoms with E-state index in [1.54, 1.807) is 6.33 Å². The second-order valence-electron chi connectivity index (χ2n) is 5.34. The van der Waals surface area contributed by atoms with Crippen LogP contribution in [0, 0.1) is 0 Å². The van der Waals surface area contributed by atoms with E-state index in [2.05, 4.69) is 20.3 Å². The summed E-state index contributed by atoms with van der Waals surface area (Å²) in [6.45, 7) is 2.08. The van der Waals surface area contributed by atoms with Crippen molar-refractivity contribution in [3.8, 4) is 0 Å². The van der Waals surface area contributed by atoms with Crippen LogP contribution < -0.4 is 11.1 Å². The van der Waals surface area contributed by atoms with Gasteiger partial charge < -0.3 is 20.9 Å². The number of H-pyrrole nitrogens is 1. The van der Waals surface area contributed by atoms with Gasteiger partial charge in [-0.1, -0.05) is 0 Å². The van der Waals surface area contributed by atoms with Gasteiger partial charge in [-0.05, 0) is 0 Å². The molecule has 0 aromatic carbocycles. The van der Waals surface area contributed by atoms with Gasteiger partial charge in [0.25, 0.3) is 0 Å². The highest BCUT2D eigenvalue weighted by Gasteiger charge is 2.33. The van der Waals surface area contributed by atoms with Crippen LogP contribution in [0.4, 0.5) is 5.13 Å². The van der Waals surface area contributed by atoms with Crippen molar-refractivity contribution in [3.63, 3.8) is 0 Å². The van der Waals surface area contributed by atoms with Gasteiger partial charge in [-0.2, -0.15) is 0 Å². The van der Waals surface area contributed by atoms with E-state index in [0.717, 1.165) is 41.3 Å². The van der Waals surface area contributed by atoms with Crippen molar-refractivity contribution in [1.82, 2.24) is 25.2 Å². The van der Waals surface area contributed by atoms with Gasteiger partial charge in [-0.25, -0.2) is 9.97 Å². The number of nitrogens with zero attached hydrogens (tertiary/aromatic N) is 3. The Kier molecular flexibility index (Phi) is 2.93. The second-order valence-corrected chi connectivity index (χ2v) is 6.45. The quantitative estimate of drug-likeness (QED) is 0.700. The zero-order chi connectivity index (χ0) is 14.4. The minimum atomic E-state index is -0.341. The Morgan fingerprint density at radius 2 is 2.38 bits per heavy atom. The molecular formula is C13H16N6OS. The van der Waals surface area contributed by atoms with E-state index < -0.39 is 0 Å². The number of rotatable bonds is 1. The van der Waals surface area contributed by atoms with Gasteiger partial charge in [0.05, 0.1) is 24.3 Å². The summed E-state index contributed by atoms with van der Waals surface area (Å²) < 4.78 is 0. The maximum atomic E-state index is 12.8. The molecule has 8 heteroatoms. The molecule has 4 N–H and O–H groups in total. The fourth-order valence-electron chi connectivity index (χ4n) is 3.01. The number of aromatic nitrogens is 3. The number of nitrogen functional groups attached to an aromatic ring is 1. The summed E-state index contributed by atoms with van der Waals surface area (Å²) in [4.78, 5) is 27.5. The van der Waals surface area contributed by atoms with E-state index in [0.29, 0.717) is 18.2 Å². The van der Waals surface area contributed by atoms with E-state index >= 15 is 0 Å². The van der Waals surface area contributed by atoms with Gasteiger partial charge in [0.1, 0.15) is 6.04 Å². The standard InChI is InChI=1S/C13H16N6OS/c14-13-18-7-2-4-19(5-9(7)21-13)12(20)11-10-8(1-3-15-11)16-6-17-10/h6,11,15H,1-5H2,(H2,14,18)(H,16,17)/t11-/m1/s1. The Balaban J connectivity index is 1.57. The molecule has 21 heavy (non-hydrogen) atoms. The van der Waals surface area contributed by atoms with Gasteiger partial charge >= 0.3 is 0 Å². The molecule has 0 unspecified atom stereocenters. The minimum absolute atomic E-state index is 0.0840. The molecule has 0 fully saturated rings. The van der Waals surface area contributed by atoms with Crippen LogP contribution in [0.15, 0.2) is 6.33 Å². The third kappa shape index (κ3) is 2.11. The van der Waals surface area contributed by atoms with Gasteiger partial charge in [0.2, 0.25) is 5.91 Å². The highest BCUT2D eigenvalue weighted by atomic mass is 32.1. The number of thiazole rings is 1. The zero-order valence-electron chi connectivity index (χ0n) is 11.4. The van der Waals surface area contributed by atoms with Gasteiger partial charge in [-0.15, -0.1) is 11.3 Å². The summed E-state index contributed by atoms with van der Waals surface area (Å²) in [5, 5.41) is 3.86. The minimum Gasteiger partial charge on any atom is -0.375 e. The van der Waals surface area contributed by atoms with Crippen molar-refractivity contribution in [3.05, 3.63) is 28.3 Å². The lowest BCUT2D eigenvalue weighted by Crippen LogP contribution is -2.45. The van der Waals surface area contributed by atoms with E-state index in [4.69, 9.17) is 5.73 Å². The average Bonchev–Trinajstić information content (AvgIpc) is 3.09. The molecule has 2 aromatic heterocycles. The Labute approximate surface area is 125 Å². The van der Waals surface area contributed by atoms with Crippen molar-refractivity contribution in [1.29, 1.82) is 0 Å². The molecule has 0 saturated carbocycles. The number of nitrogens with one attached hydrogen (secondary N) is 2. The second kappa shape index (κ2) is 4.81. The highest BCUT2D eigenvalue weighted by Crippen LogP contribution is 2.29. The van der Waals surface area contributed by atoms with Crippen molar-refractivity contribution < 1.29 is 4.79 Å².